The SMILES string of the molecule is Cc1ccc(SCC2CCOC2)c(N)c1. The van der Waals surface area contributed by atoms with Gasteiger partial charge >= 0.3 is 0 Å². The van der Waals surface area contributed by atoms with Crippen LogP contribution in [0.5, 0.6) is 0 Å². The van der Waals surface area contributed by atoms with Crippen LogP contribution in [0.1, 0.15) is 12.0 Å². The Morgan fingerprint density at radius 1 is 1.53 bits per heavy atom. The van der Waals surface area contributed by atoms with Gasteiger partial charge in [-0.05, 0) is 37.0 Å². The van der Waals surface area contributed by atoms with Crippen LogP contribution in [0.3, 0.4) is 0 Å². The Kier molecular flexibility index (Phi) is 3.54. The number of aryl methyl sites for hydroxylation is 1. The van der Waals surface area contributed by atoms with E-state index in [0.717, 1.165) is 24.7 Å². The number of rotatable bonds is 3. The molecule has 1 aliphatic heterocycles. The number of benzene rings is 1. The van der Waals surface area contributed by atoms with Crippen molar-refractivity contribution in [3.8, 4) is 0 Å². The highest BCUT2D eigenvalue weighted by Crippen LogP contribution is 2.29. The predicted octanol–water partition coefficient (Wildman–Crippen LogP) is 2.71. The second-order valence-corrected chi connectivity index (χ2v) is 5.14. The van der Waals surface area contributed by atoms with Crippen molar-refractivity contribution in [2.24, 2.45) is 5.92 Å². The Bertz CT molecular complexity index is 334. The number of anilines is 1. The fourth-order valence-electron chi connectivity index (χ4n) is 1.72. The Hall–Kier alpha value is -0.670. The molecule has 0 aliphatic carbocycles. The van der Waals surface area contributed by atoms with E-state index >= 15 is 0 Å². The lowest BCUT2D eigenvalue weighted by Crippen LogP contribution is -2.02. The Balaban J connectivity index is 1.92. The van der Waals surface area contributed by atoms with Gasteiger partial charge in [0.2, 0.25) is 0 Å². The van der Waals surface area contributed by atoms with Crippen LogP contribution in [-0.4, -0.2) is 19.0 Å². The molecule has 0 spiro atoms. The first kappa shape index (κ1) is 10.8. The van der Waals surface area contributed by atoms with E-state index in [1.54, 1.807) is 0 Å². The first-order valence-electron chi connectivity index (χ1n) is 5.32. The average molecular weight is 223 g/mol. The largest absolute Gasteiger partial charge is 0.398 e. The maximum atomic E-state index is 5.95. The van der Waals surface area contributed by atoms with Gasteiger partial charge in [0.25, 0.3) is 0 Å². The van der Waals surface area contributed by atoms with E-state index in [1.165, 1.54) is 16.9 Å². The van der Waals surface area contributed by atoms with Gasteiger partial charge in [0.15, 0.2) is 0 Å². The van der Waals surface area contributed by atoms with Crippen molar-refractivity contribution in [3.63, 3.8) is 0 Å². The molecule has 2 nitrogen and oxygen atoms in total. The molecular formula is C12H17NOS. The highest BCUT2D eigenvalue weighted by Gasteiger charge is 2.16. The number of ether oxygens (including phenoxy) is 1. The molecule has 1 fully saturated rings. The van der Waals surface area contributed by atoms with Gasteiger partial charge in [0.05, 0.1) is 6.61 Å². The second-order valence-electron chi connectivity index (χ2n) is 4.08. The third-order valence-corrected chi connectivity index (χ3v) is 3.98. The van der Waals surface area contributed by atoms with Crippen LogP contribution < -0.4 is 5.73 Å². The molecule has 1 atom stereocenters. The Labute approximate surface area is 95.2 Å². The fourth-order valence-corrected chi connectivity index (χ4v) is 2.79. The van der Waals surface area contributed by atoms with Gasteiger partial charge < -0.3 is 10.5 Å². The molecule has 0 aromatic heterocycles. The molecule has 0 saturated carbocycles. The van der Waals surface area contributed by atoms with Crippen LogP contribution in [-0.2, 0) is 4.74 Å². The molecule has 2 N–H and O–H groups in total. The highest BCUT2D eigenvalue weighted by atomic mass is 32.2. The zero-order valence-electron chi connectivity index (χ0n) is 9.03. The molecule has 0 amide bonds. The molecule has 82 valence electrons. The molecule has 1 saturated heterocycles. The number of nitrogen functional groups attached to an aromatic ring is 1. The summed E-state index contributed by atoms with van der Waals surface area (Å²) in [6.45, 7) is 3.91. The van der Waals surface area contributed by atoms with Gasteiger partial charge in [-0.25, -0.2) is 0 Å². The van der Waals surface area contributed by atoms with Gasteiger partial charge in [0.1, 0.15) is 0 Å². The van der Waals surface area contributed by atoms with Crippen molar-refractivity contribution in [2.75, 3.05) is 24.7 Å². The number of nitrogens with two attached hydrogens (primary N) is 1. The smallest absolute Gasteiger partial charge is 0.0503 e. The summed E-state index contributed by atoms with van der Waals surface area (Å²) < 4.78 is 5.35. The van der Waals surface area contributed by atoms with E-state index < -0.39 is 0 Å². The highest BCUT2D eigenvalue weighted by molar-refractivity contribution is 7.99. The summed E-state index contributed by atoms with van der Waals surface area (Å²) >= 11 is 1.85. The van der Waals surface area contributed by atoms with Gasteiger partial charge in [-0.3, -0.25) is 0 Å². The molecule has 1 aliphatic rings. The normalized spacial score (nSPS) is 20.7. The van der Waals surface area contributed by atoms with Crippen LogP contribution in [0, 0.1) is 12.8 Å². The van der Waals surface area contributed by atoms with Crippen LogP contribution in [0.25, 0.3) is 0 Å². The average Bonchev–Trinajstić information content (AvgIpc) is 2.69. The maximum Gasteiger partial charge on any atom is 0.0503 e. The number of hydrogen-bond acceptors (Lipinski definition) is 3. The molecular weight excluding hydrogens is 206 g/mol. The van der Waals surface area contributed by atoms with E-state index in [-0.39, 0.29) is 0 Å². The van der Waals surface area contributed by atoms with Crippen molar-refractivity contribution < 1.29 is 4.74 Å². The third kappa shape index (κ3) is 2.89. The van der Waals surface area contributed by atoms with Gasteiger partial charge in [-0.1, -0.05) is 6.07 Å². The van der Waals surface area contributed by atoms with Crippen molar-refractivity contribution in [3.05, 3.63) is 23.8 Å². The number of hydrogen-bond donors (Lipinski definition) is 1. The van der Waals surface area contributed by atoms with Crippen molar-refractivity contribution in [1.82, 2.24) is 0 Å². The zero-order chi connectivity index (χ0) is 10.7. The molecule has 0 bridgehead atoms. The predicted molar refractivity (Wildman–Crippen MR) is 65.2 cm³/mol. The maximum absolute atomic E-state index is 5.95. The molecule has 15 heavy (non-hydrogen) atoms. The fraction of sp³-hybridized carbons (Fsp3) is 0.500. The monoisotopic (exact) mass is 223 g/mol. The van der Waals surface area contributed by atoms with Gasteiger partial charge in [-0.15, -0.1) is 11.8 Å². The molecule has 1 aromatic rings. The molecule has 2 rings (SSSR count). The van der Waals surface area contributed by atoms with Crippen LogP contribution >= 0.6 is 11.8 Å². The molecule has 3 heteroatoms. The van der Waals surface area contributed by atoms with Crippen LogP contribution in [0.15, 0.2) is 23.1 Å². The first-order valence-corrected chi connectivity index (χ1v) is 6.31. The minimum Gasteiger partial charge on any atom is -0.398 e. The van der Waals surface area contributed by atoms with Gasteiger partial charge in [0, 0.05) is 22.9 Å². The van der Waals surface area contributed by atoms with Gasteiger partial charge in [-0.2, -0.15) is 0 Å². The Morgan fingerprint density at radius 3 is 3.07 bits per heavy atom. The standard InChI is InChI=1S/C12H17NOS/c1-9-2-3-12(11(13)6-9)15-8-10-4-5-14-7-10/h2-3,6,10H,4-5,7-8,13H2,1H3. The van der Waals surface area contributed by atoms with Crippen molar-refractivity contribution >= 4 is 17.4 Å². The van der Waals surface area contributed by atoms with Crippen LogP contribution in [0.4, 0.5) is 5.69 Å². The zero-order valence-corrected chi connectivity index (χ0v) is 9.85. The lowest BCUT2D eigenvalue weighted by atomic mass is 10.2. The number of thioether (sulfide) groups is 1. The Morgan fingerprint density at radius 2 is 2.40 bits per heavy atom. The molecule has 1 aromatic carbocycles. The second kappa shape index (κ2) is 4.90. The molecule has 1 heterocycles. The first-order chi connectivity index (χ1) is 7.25. The topological polar surface area (TPSA) is 35.2 Å². The van der Waals surface area contributed by atoms with E-state index in [2.05, 4.69) is 19.1 Å². The van der Waals surface area contributed by atoms with E-state index in [4.69, 9.17) is 10.5 Å². The van der Waals surface area contributed by atoms with Crippen LogP contribution in [0.2, 0.25) is 0 Å². The summed E-state index contributed by atoms with van der Waals surface area (Å²) in [4.78, 5) is 1.20. The molecule has 1 unspecified atom stereocenters. The quantitative estimate of drug-likeness (QED) is 0.632. The lowest BCUT2D eigenvalue weighted by molar-refractivity contribution is 0.189. The molecule has 0 radical (unpaired) electrons. The summed E-state index contributed by atoms with van der Waals surface area (Å²) in [6.07, 6.45) is 1.19. The summed E-state index contributed by atoms with van der Waals surface area (Å²) in [6, 6.07) is 6.27. The summed E-state index contributed by atoms with van der Waals surface area (Å²) in [5.41, 5.74) is 8.08. The third-order valence-electron chi connectivity index (χ3n) is 2.66. The minimum absolute atomic E-state index is 0.704. The van der Waals surface area contributed by atoms with E-state index in [0.29, 0.717) is 5.92 Å². The minimum atomic E-state index is 0.704. The summed E-state index contributed by atoms with van der Waals surface area (Å²) in [5.74, 6) is 1.82. The van der Waals surface area contributed by atoms with Crippen molar-refractivity contribution in [1.29, 1.82) is 0 Å². The van der Waals surface area contributed by atoms with E-state index in [1.807, 2.05) is 17.8 Å². The van der Waals surface area contributed by atoms with E-state index in [9.17, 15) is 0 Å². The lowest BCUT2D eigenvalue weighted by Gasteiger charge is -2.09. The summed E-state index contributed by atoms with van der Waals surface area (Å²) in [5, 5.41) is 0. The van der Waals surface area contributed by atoms with Crippen molar-refractivity contribution in [2.45, 2.75) is 18.2 Å². The summed E-state index contributed by atoms with van der Waals surface area (Å²) in [7, 11) is 0.